The summed E-state index contributed by atoms with van der Waals surface area (Å²) >= 11 is 0. The minimum absolute atomic E-state index is 0.00859. The number of hydrogen-bond acceptors (Lipinski definition) is 7. The molecule has 1 atom stereocenters. The number of amides is 1. The molecule has 0 bridgehead atoms. The van der Waals surface area contributed by atoms with Crippen molar-refractivity contribution >= 4 is 29.2 Å². The number of oxime groups is 1. The molecule has 1 N–H and O–H groups in total. The number of morpholine rings is 1. The molecule has 152 valence electrons. The molecule has 9 nitrogen and oxygen atoms in total. The molecule has 29 heavy (non-hydrogen) atoms. The maximum absolute atomic E-state index is 12.1. The van der Waals surface area contributed by atoms with Crippen LogP contribution in [-0.4, -0.2) is 49.5 Å². The minimum Gasteiger partial charge on any atom is -0.383 e. The van der Waals surface area contributed by atoms with Crippen LogP contribution in [0, 0.1) is 10.1 Å². The van der Waals surface area contributed by atoms with E-state index in [0.29, 0.717) is 43.2 Å². The zero-order valence-corrected chi connectivity index (χ0v) is 16.0. The Labute approximate surface area is 168 Å². The van der Waals surface area contributed by atoms with E-state index in [1.807, 2.05) is 23.1 Å². The van der Waals surface area contributed by atoms with E-state index in [1.165, 1.54) is 12.3 Å². The van der Waals surface area contributed by atoms with Crippen LogP contribution in [0.4, 0.5) is 17.1 Å². The highest BCUT2D eigenvalue weighted by molar-refractivity contribution is 5.94. The molecule has 2 aromatic rings. The quantitative estimate of drug-likeness (QED) is 0.437. The minimum atomic E-state index is -0.825. The van der Waals surface area contributed by atoms with Crippen LogP contribution in [0.3, 0.4) is 0 Å². The molecule has 1 aliphatic heterocycles. The average molecular weight is 398 g/mol. The third kappa shape index (κ3) is 5.52. The van der Waals surface area contributed by atoms with Gasteiger partial charge in [0.15, 0.2) is 0 Å². The predicted molar refractivity (Wildman–Crippen MR) is 109 cm³/mol. The van der Waals surface area contributed by atoms with E-state index < -0.39 is 11.0 Å². The summed E-state index contributed by atoms with van der Waals surface area (Å²) in [7, 11) is 0. The summed E-state index contributed by atoms with van der Waals surface area (Å²) in [5.41, 5.74) is 1.70. The highest BCUT2D eigenvalue weighted by Crippen LogP contribution is 2.29. The van der Waals surface area contributed by atoms with Crippen molar-refractivity contribution in [1.29, 1.82) is 0 Å². The Hall–Kier alpha value is -3.46. The van der Waals surface area contributed by atoms with Gasteiger partial charge in [-0.15, -0.1) is 0 Å². The van der Waals surface area contributed by atoms with Gasteiger partial charge in [-0.3, -0.25) is 14.9 Å². The Morgan fingerprint density at radius 3 is 2.69 bits per heavy atom. The molecule has 0 aliphatic carbocycles. The van der Waals surface area contributed by atoms with Gasteiger partial charge in [-0.05, 0) is 25.1 Å². The summed E-state index contributed by atoms with van der Waals surface area (Å²) in [5.74, 6) is -0.345. The number of hydrogen-bond donors (Lipinski definition) is 1. The molecule has 2 aromatic carbocycles. The van der Waals surface area contributed by atoms with Crippen molar-refractivity contribution in [3.63, 3.8) is 0 Å². The Balaban J connectivity index is 1.63. The van der Waals surface area contributed by atoms with Crippen molar-refractivity contribution < 1.29 is 19.3 Å². The fraction of sp³-hybridized carbons (Fsp3) is 0.300. The van der Waals surface area contributed by atoms with E-state index >= 15 is 0 Å². The first-order chi connectivity index (χ1) is 14.0. The first-order valence-corrected chi connectivity index (χ1v) is 9.21. The molecule has 0 spiro atoms. The second kappa shape index (κ2) is 9.65. The molecule has 9 heteroatoms. The number of carbonyl (C=O) groups is 1. The fourth-order valence-corrected chi connectivity index (χ4v) is 2.83. The SMILES string of the molecule is C[C@@H](O/N=C\c1ccc(N2CCOCC2)c([N+](=O)[O-])c1)C(=O)Nc1ccccc1. The van der Waals surface area contributed by atoms with E-state index in [9.17, 15) is 14.9 Å². The monoisotopic (exact) mass is 398 g/mol. The number of nitro benzene ring substituents is 1. The van der Waals surface area contributed by atoms with E-state index in [0.717, 1.165) is 0 Å². The molecule has 0 aromatic heterocycles. The Bertz CT molecular complexity index is 882. The van der Waals surface area contributed by atoms with Crippen LogP contribution >= 0.6 is 0 Å². The van der Waals surface area contributed by atoms with Crippen LogP contribution < -0.4 is 10.2 Å². The van der Waals surface area contributed by atoms with Crippen LogP contribution in [0.15, 0.2) is 53.7 Å². The Kier molecular flexibility index (Phi) is 6.75. The molecule has 1 fully saturated rings. The normalized spacial score (nSPS) is 15.1. The Morgan fingerprint density at radius 2 is 2.00 bits per heavy atom. The predicted octanol–water partition coefficient (Wildman–Crippen LogP) is 2.81. The lowest BCUT2D eigenvalue weighted by atomic mass is 10.1. The van der Waals surface area contributed by atoms with Crippen molar-refractivity contribution in [2.45, 2.75) is 13.0 Å². The number of carbonyl (C=O) groups excluding carboxylic acids is 1. The molecule has 1 aliphatic rings. The summed E-state index contributed by atoms with van der Waals surface area (Å²) in [6.07, 6.45) is 0.525. The van der Waals surface area contributed by atoms with Gasteiger partial charge in [-0.25, -0.2) is 0 Å². The number of benzene rings is 2. The van der Waals surface area contributed by atoms with Gasteiger partial charge < -0.3 is 19.8 Å². The van der Waals surface area contributed by atoms with Crippen molar-refractivity contribution in [2.24, 2.45) is 5.16 Å². The molecule has 1 saturated heterocycles. The van der Waals surface area contributed by atoms with Crippen LogP contribution in [0.5, 0.6) is 0 Å². The zero-order valence-electron chi connectivity index (χ0n) is 16.0. The second-order valence-corrected chi connectivity index (χ2v) is 6.44. The molecular weight excluding hydrogens is 376 g/mol. The number of ether oxygens (including phenoxy) is 1. The lowest BCUT2D eigenvalue weighted by Crippen LogP contribution is -2.36. The largest absolute Gasteiger partial charge is 0.383 e. The molecule has 0 unspecified atom stereocenters. The summed E-state index contributed by atoms with van der Waals surface area (Å²) in [5, 5.41) is 18.0. The van der Waals surface area contributed by atoms with E-state index in [2.05, 4.69) is 10.5 Å². The van der Waals surface area contributed by atoms with Gasteiger partial charge in [0.2, 0.25) is 6.10 Å². The van der Waals surface area contributed by atoms with Crippen molar-refractivity contribution in [3.8, 4) is 0 Å². The first-order valence-electron chi connectivity index (χ1n) is 9.21. The van der Waals surface area contributed by atoms with Crippen LogP contribution in [0.1, 0.15) is 12.5 Å². The summed E-state index contributed by atoms with van der Waals surface area (Å²) in [6, 6.07) is 13.9. The zero-order chi connectivity index (χ0) is 20.6. The fourth-order valence-electron chi connectivity index (χ4n) is 2.83. The lowest BCUT2D eigenvalue weighted by Gasteiger charge is -2.28. The molecule has 1 amide bonds. The average Bonchev–Trinajstić information content (AvgIpc) is 2.75. The molecule has 0 radical (unpaired) electrons. The topological polar surface area (TPSA) is 106 Å². The number of nitrogens with zero attached hydrogens (tertiary/aromatic N) is 3. The van der Waals surface area contributed by atoms with Gasteiger partial charge in [0.05, 0.1) is 24.4 Å². The van der Waals surface area contributed by atoms with Crippen molar-refractivity contribution in [1.82, 2.24) is 0 Å². The molecular formula is C20H22N4O5. The number of para-hydroxylation sites is 1. The third-order valence-electron chi connectivity index (χ3n) is 4.38. The maximum atomic E-state index is 12.1. The standard InChI is InChI=1S/C20H22N4O5/c1-15(20(25)22-17-5-3-2-4-6-17)29-21-14-16-7-8-18(19(13-16)24(26)27)23-9-11-28-12-10-23/h2-8,13-15H,9-12H2,1H3,(H,22,25)/b21-14-/t15-/m1/s1. The second-order valence-electron chi connectivity index (χ2n) is 6.44. The summed E-state index contributed by atoms with van der Waals surface area (Å²) < 4.78 is 5.30. The number of rotatable bonds is 7. The van der Waals surface area contributed by atoms with Crippen molar-refractivity contribution in [3.05, 3.63) is 64.2 Å². The van der Waals surface area contributed by atoms with Crippen LogP contribution in [0.25, 0.3) is 0 Å². The highest BCUT2D eigenvalue weighted by Gasteiger charge is 2.21. The third-order valence-corrected chi connectivity index (χ3v) is 4.38. The number of nitro groups is 1. The van der Waals surface area contributed by atoms with Crippen LogP contribution in [0.2, 0.25) is 0 Å². The van der Waals surface area contributed by atoms with Gasteiger partial charge in [0, 0.05) is 30.4 Å². The van der Waals surface area contributed by atoms with Gasteiger partial charge >= 0.3 is 0 Å². The number of anilines is 2. The highest BCUT2D eigenvalue weighted by atomic mass is 16.6. The van der Waals surface area contributed by atoms with Crippen molar-refractivity contribution in [2.75, 3.05) is 36.5 Å². The van der Waals surface area contributed by atoms with E-state index in [-0.39, 0.29) is 11.6 Å². The first kappa shape index (κ1) is 20.3. The molecule has 0 saturated carbocycles. The lowest BCUT2D eigenvalue weighted by molar-refractivity contribution is -0.384. The van der Waals surface area contributed by atoms with E-state index in [1.54, 1.807) is 31.2 Å². The van der Waals surface area contributed by atoms with Gasteiger partial charge in [-0.2, -0.15) is 0 Å². The smallest absolute Gasteiger partial charge is 0.293 e. The molecule has 1 heterocycles. The molecule has 3 rings (SSSR count). The summed E-state index contributed by atoms with van der Waals surface area (Å²) in [6.45, 7) is 3.85. The van der Waals surface area contributed by atoms with E-state index in [4.69, 9.17) is 9.57 Å². The summed E-state index contributed by atoms with van der Waals surface area (Å²) in [4.78, 5) is 30.3. The Morgan fingerprint density at radius 1 is 1.28 bits per heavy atom. The maximum Gasteiger partial charge on any atom is 0.293 e. The van der Waals surface area contributed by atoms with Gasteiger partial charge in [-0.1, -0.05) is 29.4 Å². The van der Waals surface area contributed by atoms with Gasteiger partial charge in [0.25, 0.3) is 11.6 Å². The van der Waals surface area contributed by atoms with Gasteiger partial charge in [0.1, 0.15) is 5.69 Å². The van der Waals surface area contributed by atoms with Crippen LogP contribution in [-0.2, 0) is 14.4 Å². The number of nitrogens with one attached hydrogen (secondary N) is 1.